The van der Waals surface area contributed by atoms with Crippen LogP contribution in [0.1, 0.15) is 66.7 Å². The van der Waals surface area contributed by atoms with Crippen molar-refractivity contribution in [2.45, 2.75) is 66.7 Å². The maximum Gasteiger partial charge on any atom is 0.0601 e. The van der Waals surface area contributed by atoms with Gasteiger partial charge in [0.05, 0.1) is 6.54 Å². The fraction of sp³-hybridized carbons (Fsp3) is 0.786. The van der Waals surface area contributed by atoms with Crippen molar-refractivity contribution >= 4 is 5.71 Å². The Morgan fingerprint density at radius 3 is 2.00 bits per heavy atom. The van der Waals surface area contributed by atoms with Crippen LogP contribution in [0.3, 0.4) is 0 Å². The first-order valence-corrected chi connectivity index (χ1v) is 6.56. The van der Waals surface area contributed by atoms with Gasteiger partial charge in [0.1, 0.15) is 0 Å². The molecule has 0 aromatic carbocycles. The molecule has 0 fully saturated rings. The van der Waals surface area contributed by atoms with Crippen molar-refractivity contribution in [3.05, 3.63) is 11.1 Å². The molecule has 2 rings (SSSR count). The molecule has 2 aliphatic rings. The van der Waals surface area contributed by atoms with Gasteiger partial charge >= 0.3 is 0 Å². The van der Waals surface area contributed by atoms with Gasteiger partial charge in [-0.3, -0.25) is 4.99 Å². The molecule has 0 bridgehead atoms. The molecule has 1 aliphatic heterocycles. The zero-order valence-corrected chi connectivity index (χ0v) is 11.2. The Balaban J connectivity index is 0.000000442. The summed E-state index contributed by atoms with van der Waals surface area (Å²) < 4.78 is 0. The van der Waals surface area contributed by atoms with Gasteiger partial charge in [0.2, 0.25) is 0 Å². The Morgan fingerprint density at radius 2 is 1.40 bits per heavy atom. The van der Waals surface area contributed by atoms with E-state index >= 15 is 0 Å². The molecule has 1 nitrogen and oxygen atoms in total. The maximum atomic E-state index is 4.47. The molecular formula is C14H27N. The van der Waals surface area contributed by atoms with Crippen molar-refractivity contribution in [1.82, 2.24) is 0 Å². The number of dihydropyridines is 1. The monoisotopic (exact) mass is 209 g/mol. The van der Waals surface area contributed by atoms with Crippen molar-refractivity contribution in [3.63, 3.8) is 0 Å². The lowest BCUT2D eigenvalue weighted by molar-refractivity contribution is 0.648. The Labute approximate surface area is 95.7 Å². The number of aliphatic imine (C=N–C) groups is 1. The van der Waals surface area contributed by atoms with Gasteiger partial charge in [-0.1, -0.05) is 33.3 Å². The average Bonchev–Trinajstić information content (AvgIpc) is 2.34. The predicted octanol–water partition coefficient (Wildman–Crippen LogP) is 4.77. The molecule has 0 aromatic rings. The average molecular weight is 209 g/mol. The van der Waals surface area contributed by atoms with Gasteiger partial charge < -0.3 is 0 Å². The smallest absolute Gasteiger partial charge is 0.0601 e. The fourth-order valence-electron chi connectivity index (χ4n) is 2.03. The first-order valence-electron chi connectivity index (χ1n) is 6.56. The van der Waals surface area contributed by atoms with Crippen LogP contribution in [0.5, 0.6) is 0 Å². The zero-order valence-electron chi connectivity index (χ0n) is 11.2. The Morgan fingerprint density at radius 1 is 0.867 bits per heavy atom. The number of hydrogen-bond acceptors (Lipinski definition) is 1. The molecule has 0 atom stereocenters. The third-order valence-corrected chi connectivity index (χ3v) is 2.72. The molecular weight excluding hydrogens is 182 g/mol. The van der Waals surface area contributed by atoms with Crippen molar-refractivity contribution in [2.24, 2.45) is 4.99 Å². The Bertz CT molecular complexity index is 223. The van der Waals surface area contributed by atoms with Crippen LogP contribution in [-0.2, 0) is 0 Å². The lowest BCUT2D eigenvalue weighted by Crippen LogP contribution is -2.11. The van der Waals surface area contributed by atoms with Crippen molar-refractivity contribution in [2.75, 3.05) is 6.54 Å². The lowest BCUT2D eigenvalue weighted by atomic mass is 9.87. The van der Waals surface area contributed by atoms with Crippen LogP contribution >= 0.6 is 0 Å². The van der Waals surface area contributed by atoms with Gasteiger partial charge in [0.15, 0.2) is 0 Å². The first-order chi connectivity index (χ1) is 7.36. The molecule has 0 radical (unpaired) electrons. The third-order valence-electron chi connectivity index (χ3n) is 2.72. The SMILES string of the molecule is CC.CC.CC1=NCC2=C(CCCC2)C1. The normalized spacial score (nSPS) is 18.9. The van der Waals surface area contributed by atoms with E-state index in [9.17, 15) is 0 Å². The Kier molecular flexibility index (Phi) is 8.35. The largest absolute Gasteiger partial charge is 0.290 e. The summed E-state index contributed by atoms with van der Waals surface area (Å²) in [6.45, 7) is 11.2. The molecule has 0 saturated carbocycles. The summed E-state index contributed by atoms with van der Waals surface area (Å²) in [5.74, 6) is 0. The standard InChI is InChI=1S/C10H15N.2C2H6/c1-8-6-9-4-2-3-5-10(9)7-11-8;2*1-2/h2-7H2,1H3;2*1-2H3. The summed E-state index contributed by atoms with van der Waals surface area (Å²) in [6.07, 6.45) is 6.66. The fourth-order valence-corrected chi connectivity index (χ4v) is 2.03. The second-order valence-electron chi connectivity index (χ2n) is 3.64. The molecule has 0 spiro atoms. The second-order valence-corrected chi connectivity index (χ2v) is 3.64. The van der Waals surface area contributed by atoms with E-state index in [1.54, 1.807) is 11.1 Å². The molecule has 0 amide bonds. The first kappa shape index (κ1) is 14.4. The van der Waals surface area contributed by atoms with Crippen LogP contribution in [0.2, 0.25) is 0 Å². The third kappa shape index (κ3) is 4.63. The van der Waals surface area contributed by atoms with Gasteiger partial charge in [-0.05, 0) is 38.2 Å². The van der Waals surface area contributed by atoms with E-state index in [0.717, 1.165) is 6.54 Å². The number of rotatable bonds is 0. The highest BCUT2D eigenvalue weighted by atomic mass is 14.7. The highest BCUT2D eigenvalue weighted by molar-refractivity contribution is 5.85. The van der Waals surface area contributed by atoms with E-state index in [4.69, 9.17) is 0 Å². The summed E-state index contributed by atoms with van der Waals surface area (Å²) in [6, 6.07) is 0. The van der Waals surface area contributed by atoms with Crippen molar-refractivity contribution in [3.8, 4) is 0 Å². The highest BCUT2D eigenvalue weighted by Crippen LogP contribution is 2.29. The van der Waals surface area contributed by atoms with Gasteiger partial charge in [-0.25, -0.2) is 0 Å². The van der Waals surface area contributed by atoms with Crippen LogP contribution in [-0.4, -0.2) is 12.3 Å². The number of nitrogens with zero attached hydrogens (tertiary/aromatic N) is 1. The van der Waals surface area contributed by atoms with E-state index in [2.05, 4.69) is 11.9 Å². The van der Waals surface area contributed by atoms with E-state index in [0.29, 0.717) is 0 Å². The number of allylic oxidation sites excluding steroid dienone is 1. The topological polar surface area (TPSA) is 12.4 Å². The van der Waals surface area contributed by atoms with Crippen LogP contribution in [0.4, 0.5) is 0 Å². The Hall–Kier alpha value is -0.590. The maximum absolute atomic E-state index is 4.47. The quantitative estimate of drug-likeness (QED) is 0.509. The minimum absolute atomic E-state index is 1.02. The van der Waals surface area contributed by atoms with E-state index in [1.165, 1.54) is 37.8 Å². The minimum Gasteiger partial charge on any atom is -0.290 e. The van der Waals surface area contributed by atoms with Gasteiger partial charge in [-0.15, -0.1) is 0 Å². The highest BCUT2D eigenvalue weighted by Gasteiger charge is 2.15. The van der Waals surface area contributed by atoms with Crippen LogP contribution in [0, 0.1) is 0 Å². The molecule has 1 heterocycles. The van der Waals surface area contributed by atoms with E-state index in [1.807, 2.05) is 27.7 Å². The molecule has 0 aromatic heterocycles. The van der Waals surface area contributed by atoms with Crippen LogP contribution < -0.4 is 0 Å². The molecule has 1 heteroatoms. The van der Waals surface area contributed by atoms with Crippen LogP contribution in [0.25, 0.3) is 0 Å². The van der Waals surface area contributed by atoms with Gasteiger partial charge in [0, 0.05) is 12.1 Å². The summed E-state index contributed by atoms with van der Waals surface area (Å²) in [5, 5.41) is 0. The summed E-state index contributed by atoms with van der Waals surface area (Å²) in [4.78, 5) is 4.47. The molecule has 0 N–H and O–H groups in total. The lowest BCUT2D eigenvalue weighted by Gasteiger charge is -2.22. The molecule has 88 valence electrons. The van der Waals surface area contributed by atoms with E-state index in [-0.39, 0.29) is 0 Å². The second kappa shape index (κ2) is 8.70. The molecule has 0 saturated heterocycles. The predicted molar refractivity (Wildman–Crippen MR) is 70.8 cm³/mol. The summed E-state index contributed by atoms with van der Waals surface area (Å²) in [5.41, 5.74) is 4.70. The molecule has 1 aliphatic carbocycles. The zero-order chi connectivity index (χ0) is 11.7. The van der Waals surface area contributed by atoms with E-state index < -0.39 is 0 Å². The number of hydrogen-bond donors (Lipinski definition) is 0. The summed E-state index contributed by atoms with van der Waals surface area (Å²) in [7, 11) is 0. The van der Waals surface area contributed by atoms with Gasteiger partial charge in [0.25, 0.3) is 0 Å². The van der Waals surface area contributed by atoms with Gasteiger partial charge in [-0.2, -0.15) is 0 Å². The molecule has 0 unspecified atom stereocenters. The summed E-state index contributed by atoms with van der Waals surface area (Å²) >= 11 is 0. The van der Waals surface area contributed by atoms with Crippen LogP contribution in [0.15, 0.2) is 16.1 Å². The minimum atomic E-state index is 1.02. The van der Waals surface area contributed by atoms with Crippen molar-refractivity contribution < 1.29 is 0 Å². The van der Waals surface area contributed by atoms with Crippen molar-refractivity contribution in [1.29, 1.82) is 0 Å². The molecule has 15 heavy (non-hydrogen) atoms.